The number of ether oxygens (including phenoxy) is 1. The zero-order valence-electron chi connectivity index (χ0n) is 6.63. The maximum Gasteiger partial charge on any atom is 0.149 e. The fourth-order valence-electron chi connectivity index (χ4n) is 1.20. The Hall–Kier alpha value is -1.36. The Labute approximate surface area is 73.1 Å². The minimum Gasteiger partial charge on any atom is -0.481 e. The maximum absolute atomic E-state index is 5.63. The van der Waals surface area contributed by atoms with Gasteiger partial charge in [-0.15, -0.1) is 0 Å². The highest BCUT2D eigenvalue weighted by Gasteiger charge is 2.03. The molecule has 2 radical (unpaired) electrons. The molecule has 2 rings (SSSR count). The summed E-state index contributed by atoms with van der Waals surface area (Å²) in [6, 6.07) is 5.64. The molecule has 0 atom stereocenters. The molecule has 1 aliphatic rings. The van der Waals surface area contributed by atoms with Crippen LogP contribution in [0.25, 0.3) is 0 Å². The van der Waals surface area contributed by atoms with Gasteiger partial charge in [0.2, 0.25) is 0 Å². The van der Waals surface area contributed by atoms with E-state index >= 15 is 0 Å². The van der Waals surface area contributed by atoms with Gasteiger partial charge in [-0.25, -0.2) is 0 Å². The van der Waals surface area contributed by atoms with E-state index in [1.54, 1.807) is 0 Å². The summed E-state index contributed by atoms with van der Waals surface area (Å²) in [6.07, 6.45) is 0.736. The Bertz CT molecular complexity index is 360. The van der Waals surface area contributed by atoms with Crippen LogP contribution in [0.1, 0.15) is 5.56 Å². The third-order valence-corrected chi connectivity index (χ3v) is 1.79. The molecular formula is C10H7BO. The van der Waals surface area contributed by atoms with Gasteiger partial charge in [0, 0.05) is 12.0 Å². The van der Waals surface area contributed by atoms with E-state index in [2.05, 4.69) is 11.8 Å². The van der Waals surface area contributed by atoms with Crippen LogP contribution in [0.5, 0.6) is 5.75 Å². The smallest absolute Gasteiger partial charge is 0.149 e. The van der Waals surface area contributed by atoms with E-state index in [9.17, 15) is 0 Å². The maximum atomic E-state index is 5.63. The molecule has 0 saturated carbocycles. The lowest BCUT2D eigenvalue weighted by Crippen LogP contribution is -2.04. The van der Waals surface area contributed by atoms with Crippen molar-refractivity contribution < 1.29 is 4.74 Å². The van der Waals surface area contributed by atoms with E-state index in [1.165, 1.54) is 0 Å². The van der Waals surface area contributed by atoms with Gasteiger partial charge in [0.15, 0.2) is 0 Å². The number of hydrogen-bond donors (Lipinski definition) is 0. The van der Waals surface area contributed by atoms with Crippen LogP contribution >= 0.6 is 0 Å². The Morgan fingerprint density at radius 3 is 3.17 bits per heavy atom. The molecular weight excluding hydrogens is 147 g/mol. The topological polar surface area (TPSA) is 9.23 Å². The first-order chi connectivity index (χ1) is 5.86. The van der Waals surface area contributed by atoms with Crippen LogP contribution in [0, 0.1) is 11.8 Å². The van der Waals surface area contributed by atoms with Gasteiger partial charge >= 0.3 is 0 Å². The number of rotatable bonds is 0. The number of fused-ring (bicyclic) bond motifs is 1. The average Bonchev–Trinajstić information content (AvgIpc) is 2.28. The van der Waals surface area contributed by atoms with Crippen molar-refractivity contribution in [3.8, 4) is 17.6 Å². The van der Waals surface area contributed by atoms with E-state index in [1.807, 2.05) is 18.2 Å². The van der Waals surface area contributed by atoms with Gasteiger partial charge in [0.25, 0.3) is 0 Å². The summed E-state index contributed by atoms with van der Waals surface area (Å²) in [5.74, 6) is 6.79. The lowest BCUT2D eigenvalue weighted by molar-refractivity contribution is 0.369. The first-order valence-electron chi connectivity index (χ1n) is 3.83. The molecule has 1 aliphatic heterocycles. The summed E-state index contributed by atoms with van der Waals surface area (Å²) in [5, 5.41) is 0. The van der Waals surface area contributed by atoms with Crippen molar-refractivity contribution in [2.24, 2.45) is 0 Å². The predicted molar refractivity (Wildman–Crippen MR) is 48.8 cm³/mol. The number of benzene rings is 1. The fourth-order valence-corrected chi connectivity index (χ4v) is 1.20. The molecule has 1 nitrogen and oxygen atoms in total. The van der Waals surface area contributed by atoms with Crippen LogP contribution < -0.4 is 10.2 Å². The molecule has 0 amide bonds. The molecule has 0 bridgehead atoms. The van der Waals surface area contributed by atoms with Crippen molar-refractivity contribution >= 4 is 13.3 Å². The van der Waals surface area contributed by atoms with E-state index in [4.69, 9.17) is 12.6 Å². The molecule has 0 aliphatic carbocycles. The Balaban J connectivity index is 2.44. The van der Waals surface area contributed by atoms with Gasteiger partial charge in [0.1, 0.15) is 20.2 Å². The molecule has 0 fully saturated rings. The summed E-state index contributed by atoms with van der Waals surface area (Å²) in [5.41, 5.74) is 1.85. The zero-order valence-corrected chi connectivity index (χ0v) is 6.63. The standard InChI is InChI=1S/C10H7BO/c11-9-4-5-10-8(7-9)3-1-2-6-12-10/h4-5,7H,3,6H2. The summed E-state index contributed by atoms with van der Waals surface area (Å²) in [7, 11) is 5.63. The predicted octanol–water partition coefficient (Wildman–Crippen LogP) is 0.419. The van der Waals surface area contributed by atoms with Crippen molar-refractivity contribution in [3.63, 3.8) is 0 Å². The largest absolute Gasteiger partial charge is 0.481 e. The monoisotopic (exact) mass is 154 g/mol. The van der Waals surface area contributed by atoms with Gasteiger partial charge in [-0.2, -0.15) is 0 Å². The first kappa shape index (κ1) is 7.30. The molecule has 0 N–H and O–H groups in total. The Morgan fingerprint density at radius 2 is 2.25 bits per heavy atom. The highest BCUT2D eigenvalue weighted by atomic mass is 16.5. The minimum atomic E-state index is 0.483. The van der Waals surface area contributed by atoms with E-state index < -0.39 is 0 Å². The molecule has 1 aromatic rings. The summed E-state index contributed by atoms with van der Waals surface area (Å²) in [4.78, 5) is 0. The molecule has 0 saturated heterocycles. The van der Waals surface area contributed by atoms with Gasteiger partial charge in [-0.05, 0) is 6.07 Å². The van der Waals surface area contributed by atoms with Crippen molar-refractivity contribution in [3.05, 3.63) is 23.8 Å². The molecule has 56 valence electrons. The van der Waals surface area contributed by atoms with Crippen molar-refractivity contribution in [2.75, 3.05) is 6.61 Å². The van der Waals surface area contributed by atoms with Crippen LogP contribution in [0.3, 0.4) is 0 Å². The second-order valence-electron chi connectivity index (χ2n) is 2.69. The van der Waals surface area contributed by atoms with E-state index in [0.29, 0.717) is 6.61 Å². The summed E-state index contributed by atoms with van der Waals surface area (Å²) >= 11 is 0. The quantitative estimate of drug-likeness (QED) is 0.388. The fraction of sp³-hybridized carbons (Fsp3) is 0.200. The van der Waals surface area contributed by atoms with Crippen LogP contribution in [0.2, 0.25) is 0 Å². The first-order valence-corrected chi connectivity index (χ1v) is 3.83. The van der Waals surface area contributed by atoms with Crippen LogP contribution in [0.15, 0.2) is 18.2 Å². The second-order valence-corrected chi connectivity index (χ2v) is 2.69. The lowest BCUT2D eigenvalue weighted by atomic mass is 9.93. The molecule has 0 spiro atoms. The molecule has 0 unspecified atom stereocenters. The van der Waals surface area contributed by atoms with Gasteiger partial charge in [-0.1, -0.05) is 29.4 Å². The van der Waals surface area contributed by atoms with Gasteiger partial charge in [0.05, 0.1) is 0 Å². The summed E-state index contributed by atoms with van der Waals surface area (Å²) in [6.45, 7) is 0.483. The van der Waals surface area contributed by atoms with Crippen molar-refractivity contribution in [1.82, 2.24) is 0 Å². The highest BCUT2D eigenvalue weighted by Crippen LogP contribution is 2.17. The zero-order chi connectivity index (χ0) is 8.39. The molecule has 12 heavy (non-hydrogen) atoms. The second kappa shape index (κ2) is 2.94. The summed E-state index contributed by atoms with van der Waals surface area (Å²) < 4.78 is 5.37. The average molecular weight is 154 g/mol. The Kier molecular flexibility index (Phi) is 1.79. The van der Waals surface area contributed by atoms with Gasteiger partial charge in [-0.3, -0.25) is 0 Å². The van der Waals surface area contributed by atoms with E-state index in [0.717, 1.165) is 23.2 Å². The molecule has 1 aromatic carbocycles. The minimum absolute atomic E-state index is 0.483. The third kappa shape index (κ3) is 1.31. The lowest BCUT2D eigenvalue weighted by Gasteiger charge is -2.06. The van der Waals surface area contributed by atoms with Crippen molar-refractivity contribution in [1.29, 1.82) is 0 Å². The SMILES string of the molecule is [B]c1ccc2c(c1)CC#CCO2. The van der Waals surface area contributed by atoms with E-state index in [-0.39, 0.29) is 0 Å². The number of hydrogen-bond acceptors (Lipinski definition) is 1. The molecule has 2 heteroatoms. The third-order valence-electron chi connectivity index (χ3n) is 1.79. The van der Waals surface area contributed by atoms with Crippen LogP contribution in [0.4, 0.5) is 0 Å². The van der Waals surface area contributed by atoms with Crippen molar-refractivity contribution in [2.45, 2.75) is 6.42 Å². The molecule has 0 aromatic heterocycles. The highest BCUT2D eigenvalue weighted by molar-refractivity contribution is 6.32. The normalized spacial score (nSPS) is 13.3. The van der Waals surface area contributed by atoms with Crippen LogP contribution in [-0.4, -0.2) is 14.5 Å². The molecule has 1 heterocycles. The van der Waals surface area contributed by atoms with Crippen LogP contribution in [-0.2, 0) is 6.42 Å². The van der Waals surface area contributed by atoms with Gasteiger partial charge < -0.3 is 4.74 Å². The Morgan fingerprint density at radius 1 is 1.33 bits per heavy atom.